The first-order valence-corrected chi connectivity index (χ1v) is 6.39. The number of hydrogen-bond donors (Lipinski definition) is 2. The average molecular weight is 252 g/mol. The second-order valence-corrected chi connectivity index (χ2v) is 4.77. The van der Waals surface area contributed by atoms with Crippen LogP contribution >= 0.6 is 0 Å². The molecule has 0 saturated carbocycles. The molecule has 0 aromatic carbocycles. The Morgan fingerprint density at radius 1 is 1.56 bits per heavy atom. The molecule has 1 aromatic heterocycles. The van der Waals surface area contributed by atoms with E-state index in [-0.39, 0.29) is 5.91 Å². The molecule has 0 atom stereocenters. The smallest absolute Gasteiger partial charge is 0.268 e. The molecular weight excluding hydrogens is 228 g/mol. The third-order valence-electron chi connectivity index (χ3n) is 3.12. The van der Waals surface area contributed by atoms with Crippen LogP contribution in [0.25, 0.3) is 0 Å². The van der Waals surface area contributed by atoms with Gasteiger partial charge in [0.2, 0.25) is 0 Å². The SMILES string of the molecule is CCn1cc(N)cc1C(=O)NCCN(C)C(C)C. The minimum absolute atomic E-state index is 0.0642. The van der Waals surface area contributed by atoms with E-state index >= 15 is 0 Å². The summed E-state index contributed by atoms with van der Waals surface area (Å²) in [5.74, 6) is -0.0642. The quantitative estimate of drug-likeness (QED) is 0.798. The maximum absolute atomic E-state index is 12.0. The Bertz CT molecular complexity index is 398. The maximum atomic E-state index is 12.0. The molecule has 1 rings (SSSR count). The summed E-state index contributed by atoms with van der Waals surface area (Å²) in [6.45, 7) is 8.47. The van der Waals surface area contributed by atoms with Crippen molar-refractivity contribution in [3.8, 4) is 0 Å². The van der Waals surface area contributed by atoms with Crippen molar-refractivity contribution in [1.82, 2.24) is 14.8 Å². The molecule has 0 radical (unpaired) electrons. The largest absolute Gasteiger partial charge is 0.397 e. The van der Waals surface area contributed by atoms with Crippen molar-refractivity contribution >= 4 is 11.6 Å². The van der Waals surface area contributed by atoms with Gasteiger partial charge in [0.1, 0.15) is 5.69 Å². The number of rotatable bonds is 6. The molecule has 0 aliphatic rings. The highest BCUT2D eigenvalue weighted by Crippen LogP contribution is 2.10. The van der Waals surface area contributed by atoms with Crippen LogP contribution in [0.2, 0.25) is 0 Å². The first kappa shape index (κ1) is 14.6. The Morgan fingerprint density at radius 2 is 2.22 bits per heavy atom. The molecule has 18 heavy (non-hydrogen) atoms. The molecule has 102 valence electrons. The summed E-state index contributed by atoms with van der Waals surface area (Å²) < 4.78 is 1.86. The van der Waals surface area contributed by atoms with Gasteiger partial charge in [0, 0.05) is 31.9 Å². The van der Waals surface area contributed by atoms with E-state index in [1.54, 1.807) is 12.3 Å². The standard InChI is InChI=1S/C13H24N4O/c1-5-17-9-11(14)8-12(17)13(18)15-6-7-16(4)10(2)3/h8-10H,5-7,14H2,1-4H3,(H,15,18). The number of hydrogen-bond acceptors (Lipinski definition) is 3. The van der Waals surface area contributed by atoms with Gasteiger partial charge in [-0.3, -0.25) is 4.79 Å². The van der Waals surface area contributed by atoms with E-state index in [0.717, 1.165) is 13.1 Å². The molecule has 1 heterocycles. The molecule has 0 aliphatic carbocycles. The molecule has 0 unspecified atom stereocenters. The highest BCUT2D eigenvalue weighted by molar-refractivity contribution is 5.93. The molecule has 5 heteroatoms. The van der Waals surface area contributed by atoms with Crippen LogP contribution in [-0.4, -0.2) is 41.6 Å². The third kappa shape index (κ3) is 3.77. The van der Waals surface area contributed by atoms with Crippen LogP contribution in [0.3, 0.4) is 0 Å². The second-order valence-electron chi connectivity index (χ2n) is 4.77. The predicted octanol–water partition coefficient (Wildman–Crippen LogP) is 1.16. The lowest BCUT2D eigenvalue weighted by molar-refractivity contribution is 0.0939. The maximum Gasteiger partial charge on any atom is 0.268 e. The minimum atomic E-state index is -0.0642. The zero-order valence-corrected chi connectivity index (χ0v) is 11.7. The number of carbonyl (C=O) groups excluding carboxylic acids is 1. The summed E-state index contributed by atoms with van der Waals surface area (Å²) in [6, 6.07) is 2.20. The number of amides is 1. The van der Waals surface area contributed by atoms with Crippen LogP contribution in [0.15, 0.2) is 12.3 Å². The van der Waals surface area contributed by atoms with Gasteiger partial charge in [-0.25, -0.2) is 0 Å². The Labute approximate surface area is 109 Å². The molecule has 0 bridgehead atoms. The van der Waals surface area contributed by atoms with Crippen molar-refractivity contribution in [1.29, 1.82) is 0 Å². The summed E-state index contributed by atoms with van der Waals surface area (Å²) in [5, 5.41) is 2.92. The van der Waals surface area contributed by atoms with Gasteiger partial charge in [-0.15, -0.1) is 0 Å². The van der Waals surface area contributed by atoms with Gasteiger partial charge in [-0.1, -0.05) is 0 Å². The molecule has 0 fully saturated rings. The summed E-state index contributed by atoms with van der Waals surface area (Å²) in [6.07, 6.45) is 1.79. The molecule has 0 saturated heterocycles. The third-order valence-corrected chi connectivity index (χ3v) is 3.12. The van der Waals surface area contributed by atoms with Gasteiger partial charge in [0.25, 0.3) is 5.91 Å². The van der Waals surface area contributed by atoms with E-state index in [9.17, 15) is 4.79 Å². The van der Waals surface area contributed by atoms with Crippen molar-refractivity contribution < 1.29 is 4.79 Å². The zero-order chi connectivity index (χ0) is 13.7. The highest BCUT2D eigenvalue weighted by Gasteiger charge is 2.12. The fraction of sp³-hybridized carbons (Fsp3) is 0.615. The van der Waals surface area contributed by atoms with Gasteiger partial charge >= 0.3 is 0 Å². The molecule has 0 aliphatic heterocycles. The Morgan fingerprint density at radius 3 is 2.78 bits per heavy atom. The topological polar surface area (TPSA) is 63.3 Å². The van der Waals surface area contributed by atoms with E-state index in [0.29, 0.717) is 24.0 Å². The van der Waals surface area contributed by atoms with Crippen molar-refractivity contribution in [2.24, 2.45) is 0 Å². The van der Waals surface area contributed by atoms with E-state index in [1.807, 2.05) is 18.5 Å². The Hall–Kier alpha value is -1.49. The van der Waals surface area contributed by atoms with Crippen molar-refractivity contribution in [3.63, 3.8) is 0 Å². The van der Waals surface area contributed by atoms with Gasteiger partial charge in [0.15, 0.2) is 0 Å². The summed E-state index contributed by atoms with van der Waals surface area (Å²) in [4.78, 5) is 14.2. The number of nitrogens with two attached hydrogens (primary N) is 1. The number of nitrogens with one attached hydrogen (secondary N) is 1. The van der Waals surface area contributed by atoms with Gasteiger partial charge in [0.05, 0.1) is 5.69 Å². The van der Waals surface area contributed by atoms with Crippen LogP contribution in [0.5, 0.6) is 0 Å². The number of nitrogens with zero attached hydrogens (tertiary/aromatic N) is 2. The van der Waals surface area contributed by atoms with E-state index < -0.39 is 0 Å². The lowest BCUT2D eigenvalue weighted by atomic mass is 10.3. The minimum Gasteiger partial charge on any atom is -0.397 e. The molecule has 5 nitrogen and oxygen atoms in total. The van der Waals surface area contributed by atoms with Crippen LogP contribution in [0.4, 0.5) is 5.69 Å². The average Bonchev–Trinajstić information content (AvgIpc) is 2.70. The van der Waals surface area contributed by atoms with Crippen molar-refractivity contribution in [2.75, 3.05) is 25.9 Å². The van der Waals surface area contributed by atoms with E-state index in [1.165, 1.54) is 0 Å². The number of carbonyl (C=O) groups is 1. The second kappa shape index (κ2) is 6.44. The summed E-state index contributed by atoms with van der Waals surface area (Å²) in [5.41, 5.74) is 6.95. The van der Waals surface area contributed by atoms with Crippen LogP contribution in [-0.2, 0) is 6.54 Å². The molecule has 1 amide bonds. The van der Waals surface area contributed by atoms with E-state index in [2.05, 4.69) is 24.1 Å². The molecule has 0 spiro atoms. The molecular formula is C13H24N4O. The molecule has 3 N–H and O–H groups in total. The molecule has 1 aromatic rings. The summed E-state index contributed by atoms with van der Waals surface area (Å²) >= 11 is 0. The summed E-state index contributed by atoms with van der Waals surface area (Å²) in [7, 11) is 2.05. The fourth-order valence-corrected chi connectivity index (χ4v) is 1.68. The normalized spacial score (nSPS) is 11.2. The van der Waals surface area contributed by atoms with Crippen LogP contribution in [0.1, 0.15) is 31.3 Å². The lowest BCUT2D eigenvalue weighted by Gasteiger charge is -2.20. The first-order chi connectivity index (χ1) is 8.45. The van der Waals surface area contributed by atoms with Gasteiger partial charge < -0.3 is 20.5 Å². The first-order valence-electron chi connectivity index (χ1n) is 6.39. The Balaban J connectivity index is 2.50. The van der Waals surface area contributed by atoms with Gasteiger partial charge in [-0.05, 0) is 33.9 Å². The van der Waals surface area contributed by atoms with Crippen molar-refractivity contribution in [2.45, 2.75) is 33.4 Å². The fourth-order valence-electron chi connectivity index (χ4n) is 1.68. The van der Waals surface area contributed by atoms with E-state index in [4.69, 9.17) is 5.73 Å². The highest BCUT2D eigenvalue weighted by atomic mass is 16.1. The predicted molar refractivity (Wildman–Crippen MR) is 74.6 cm³/mol. The number of aromatic nitrogens is 1. The number of nitrogen functional groups attached to an aromatic ring is 1. The van der Waals surface area contributed by atoms with Gasteiger partial charge in [-0.2, -0.15) is 0 Å². The number of likely N-dealkylation sites (N-methyl/N-ethyl adjacent to an activating group) is 1. The number of aryl methyl sites for hydroxylation is 1. The van der Waals surface area contributed by atoms with Crippen LogP contribution < -0.4 is 11.1 Å². The monoisotopic (exact) mass is 252 g/mol. The zero-order valence-electron chi connectivity index (χ0n) is 11.7. The lowest BCUT2D eigenvalue weighted by Crippen LogP contribution is -2.36. The Kier molecular flexibility index (Phi) is 5.22. The number of anilines is 1. The van der Waals surface area contributed by atoms with Crippen LogP contribution in [0, 0.1) is 0 Å². The van der Waals surface area contributed by atoms with Crippen molar-refractivity contribution in [3.05, 3.63) is 18.0 Å².